The maximum Gasteiger partial charge on any atom is 0.137 e. The van der Waals surface area contributed by atoms with Gasteiger partial charge in [0, 0.05) is 44.2 Å². The van der Waals surface area contributed by atoms with Gasteiger partial charge in [0.15, 0.2) is 0 Å². The summed E-state index contributed by atoms with van der Waals surface area (Å²) in [5.74, 6) is 0. The molecular weight excluding hydrogens is 585 g/mol. The van der Waals surface area contributed by atoms with Gasteiger partial charge < -0.3 is 8.98 Å². The molecule has 3 nitrogen and oxygen atoms in total. The lowest BCUT2D eigenvalue weighted by molar-refractivity contribution is 0.668. The van der Waals surface area contributed by atoms with Crippen molar-refractivity contribution in [2.75, 3.05) is 0 Å². The molecule has 3 heterocycles. The minimum absolute atomic E-state index is 0.851. The van der Waals surface area contributed by atoms with Crippen LogP contribution in [0.3, 0.4) is 0 Å². The highest BCUT2D eigenvalue weighted by Crippen LogP contribution is 2.41. The van der Waals surface area contributed by atoms with E-state index in [1.165, 1.54) is 44.1 Å². The van der Waals surface area contributed by atoms with Crippen molar-refractivity contribution in [1.82, 2.24) is 9.55 Å². The number of benzene rings is 7. The highest BCUT2D eigenvalue weighted by molar-refractivity contribution is 6.14. The number of furan rings is 1. The second-order valence-corrected chi connectivity index (χ2v) is 12.3. The third-order valence-electron chi connectivity index (χ3n) is 9.60. The molecule has 0 aliphatic carbocycles. The molecule has 224 valence electrons. The van der Waals surface area contributed by atoms with Gasteiger partial charge in [-0.25, -0.2) is 4.98 Å². The van der Waals surface area contributed by atoms with Gasteiger partial charge in [-0.3, -0.25) is 0 Å². The highest BCUT2D eigenvalue weighted by Gasteiger charge is 2.18. The fourth-order valence-electron chi connectivity index (χ4n) is 7.40. The number of hydrogen-bond donors (Lipinski definition) is 0. The van der Waals surface area contributed by atoms with E-state index in [4.69, 9.17) is 9.40 Å². The van der Waals surface area contributed by atoms with Crippen molar-refractivity contribution in [1.29, 1.82) is 0 Å². The van der Waals surface area contributed by atoms with Gasteiger partial charge in [0.25, 0.3) is 0 Å². The fourth-order valence-corrected chi connectivity index (χ4v) is 7.40. The van der Waals surface area contributed by atoms with Crippen molar-refractivity contribution < 1.29 is 4.42 Å². The first-order chi connectivity index (χ1) is 23.8. The normalized spacial score (nSPS) is 11.8. The zero-order valence-electron chi connectivity index (χ0n) is 26.0. The fraction of sp³-hybridized carbons (Fsp3) is 0. The number of aromatic nitrogens is 2. The van der Waals surface area contributed by atoms with Gasteiger partial charge in [-0.2, -0.15) is 0 Å². The number of fused-ring (bicyclic) bond motifs is 7. The molecule has 0 radical (unpaired) electrons. The number of pyridine rings is 1. The molecule has 10 rings (SSSR count). The monoisotopic (exact) mass is 612 g/mol. The van der Waals surface area contributed by atoms with E-state index in [-0.39, 0.29) is 0 Å². The summed E-state index contributed by atoms with van der Waals surface area (Å²) in [6.45, 7) is 0. The minimum Gasteiger partial charge on any atom is -0.456 e. The van der Waals surface area contributed by atoms with Crippen LogP contribution in [-0.2, 0) is 0 Å². The Balaban J connectivity index is 1.18. The maximum absolute atomic E-state index is 6.63. The first-order valence-electron chi connectivity index (χ1n) is 16.3. The second kappa shape index (κ2) is 10.5. The van der Waals surface area contributed by atoms with Crippen molar-refractivity contribution in [2.24, 2.45) is 0 Å². The first kappa shape index (κ1) is 26.7. The van der Waals surface area contributed by atoms with Crippen LogP contribution in [0, 0.1) is 0 Å². The zero-order valence-corrected chi connectivity index (χ0v) is 26.0. The van der Waals surface area contributed by atoms with Gasteiger partial charge in [-0.15, -0.1) is 0 Å². The summed E-state index contributed by atoms with van der Waals surface area (Å²) < 4.78 is 8.99. The van der Waals surface area contributed by atoms with Gasteiger partial charge in [0.05, 0.1) is 22.2 Å². The molecule has 0 fully saturated rings. The highest BCUT2D eigenvalue weighted by atomic mass is 16.3. The molecule has 0 aliphatic heterocycles. The molecular formula is C45H28N2O. The molecule has 10 aromatic rings. The lowest BCUT2D eigenvalue weighted by Crippen LogP contribution is -1.94. The zero-order chi connectivity index (χ0) is 31.6. The molecule has 7 aromatic carbocycles. The van der Waals surface area contributed by atoms with Crippen LogP contribution in [0.1, 0.15) is 0 Å². The van der Waals surface area contributed by atoms with Crippen molar-refractivity contribution in [3.05, 3.63) is 170 Å². The van der Waals surface area contributed by atoms with E-state index in [1.807, 2.05) is 0 Å². The molecule has 0 atom stereocenters. The summed E-state index contributed by atoms with van der Waals surface area (Å²) in [4.78, 5) is 5.18. The van der Waals surface area contributed by atoms with E-state index in [0.717, 1.165) is 49.8 Å². The van der Waals surface area contributed by atoms with Crippen LogP contribution in [0.15, 0.2) is 174 Å². The van der Waals surface area contributed by atoms with E-state index < -0.39 is 0 Å². The molecule has 3 aromatic heterocycles. The topological polar surface area (TPSA) is 31.0 Å². The SMILES string of the molecule is c1ccc(-c2ccc3c4ccccc4n(-c4ccc5c(c4)oc4cccc(-c6cc(-c7ccccc7)c7ccccc7n6)c45)c3c2)cc1. The molecule has 0 spiro atoms. The van der Waals surface area contributed by atoms with Crippen molar-refractivity contribution >= 4 is 54.6 Å². The summed E-state index contributed by atoms with van der Waals surface area (Å²) in [5.41, 5.74) is 12.8. The van der Waals surface area contributed by atoms with Crippen LogP contribution in [0.2, 0.25) is 0 Å². The van der Waals surface area contributed by atoms with E-state index in [0.29, 0.717) is 0 Å². The van der Waals surface area contributed by atoms with Gasteiger partial charge >= 0.3 is 0 Å². The van der Waals surface area contributed by atoms with Gasteiger partial charge in [0.1, 0.15) is 11.2 Å². The molecule has 0 saturated heterocycles. The lowest BCUT2D eigenvalue weighted by atomic mass is 9.96. The van der Waals surface area contributed by atoms with Crippen molar-refractivity contribution in [2.45, 2.75) is 0 Å². The Morgan fingerprint density at radius 1 is 0.417 bits per heavy atom. The predicted octanol–water partition coefficient (Wildman–Crippen LogP) is 12.2. The van der Waals surface area contributed by atoms with E-state index in [2.05, 4.69) is 174 Å². The largest absolute Gasteiger partial charge is 0.456 e. The summed E-state index contributed by atoms with van der Waals surface area (Å²) in [7, 11) is 0. The van der Waals surface area contributed by atoms with Gasteiger partial charge in [0.2, 0.25) is 0 Å². The smallest absolute Gasteiger partial charge is 0.137 e. The second-order valence-electron chi connectivity index (χ2n) is 12.3. The standard InChI is InChI=1S/C45H28N2O/c1-3-12-29(13-4-1)31-22-24-35-34-17-8-10-20-41(34)47(42(35)26-31)32-23-25-37-44(27-32)48-43-21-11-18-36(45(37)43)40-28-38(30-14-5-2-6-15-30)33-16-7-9-19-39(33)46-40/h1-28H. The first-order valence-corrected chi connectivity index (χ1v) is 16.3. The minimum atomic E-state index is 0.851. The Labute approximate surface area is 277 Å². The van der Waals surface area contributed by atoms with Crippen molar-refractivity contribution in [3.63, 3.8) is 0 Å². The molecule has 0 saturated carbocycles. The molecule has 0 bridgehead atoms. The Kier molecular flexibility index (Phi) is 5.87. The lowest BCUT2D eigenvalue weighted by Gasteiger charge is -2.11. The summed E-state index contributed by atoms with van der Waals surface area (Å²) in [5, 5.41) is 5.76. The number of rotatable bonds is 4. The molecule has 3 heteroatoms. The van der Waals surface area contributed by atoms with Crippen molar-refractivity contribution in [3.8, 4) is 39.2 Å². The average Bonchev–Trinajstić information content (AvgIpc) is 3.70. The summed E-state index contributed by atoms with van der Waals surface area (Å²) in [6, 6.07) is 60.1. The molecule has 0 unspecified atom stereocenters. The van der Waals surface area contributed by atoms with E-state index in [9.17, 15) is 0 Å². The quantitative estimate of drug-likeness (QED) is 0.198. The van der Waals surface area contributed by atoms with Crippen LogP contribution < -0.4 is 0 Å². The molecule has 0 aliphatic rings. The predicted molar refractivity (Wildman–Crippen MR) is 200 cm³/mol. The Morgan fingerprint density at radius 3 is 1.98 bits per heavy atom. The van der Waals surface area contributed by atoms with E-state index >= 15 is 0 Å². The number of para-hydroxylation sites is 2. The summed E-state index contributed by atoms with van der Waals surface area (Å²) >= 11 is 0. The average molecular weight is 613 g/mol. The van der Waals surface area contributed by atoms with Crippen LogP contribution in [-0.4, -0.2) is 9.55 Å². The Morgan fingerprint density at radius 2 is 1.12 bits per heavy atom. The van der Waals surface area contributed by atoms with Gasteiger partial charge in [-0.1, -0.05) is 121 Å². The third-order valence-corrected chi connectivity index (χ3v) is 9.60. The molecule has 48 heavy (non-hydrogen) atoms. The van der Waals surface area contributed by atoms with Gasteiger partial charge in [-0.05, 0) is 64.7 Å². The molecule has 0 amide bonds. The summed E-state index contributed by atoms with van der Waals surface area (Å²) in [6.07, 6.45) is 0. The Bertz CT molecular complexity index is 2830. The van der Waals surface area contributed by atoms with Crippen LogP contribution in [0.4, 0.5) is 0 Å². The van der Waals surface area contributed by atoms with E-state index in [1.54, 1.807) is 0 Å². The molecule has 0 N–H and O–H groups in total. The van der Waals surface area contributed by atoms with Crippen LogP contribution in [0.25, 0.3) is 93.8 Å². The third kappa shape index (κ3) is 4.11. The maximum atomic E-state index is 6.63. The Hall–Kier alpha value is -6.45. The number of nitrogens with zero attached hydrogens (tertiary/aromatic N) is 2. The number of hydrogen-bond acceptors (Lipinski definition) is 2. The van der Waals surface area contributed by atoms with Crippen LogP contribution in [0.5, 0.6) is 0 Å². The van der Waals surface area contributed by atoms with Crippen LogP contribution >= 0.6 is 0 Å².